The lowest BCUT2D eigenvalue weighted by Crippen LogP contribution is -2.49. The number of nitrogens with zero attached hydrogens (tertiary/aromatic N) is 3. The first-order chi connectivity index (χ1) is 12.9. The summed E-state index contributed by atoms with van der Waals surface area (Å²) >= 11 is 0. The molecule has 0 bridgehead atoms. The molecular weight excluding hydrogens is 349 g/mol. The van der Waals surface area contributed by atoms with Gasteiger partial charge in [0.15, 0.2) is 0 Å². The van der Waals surface area contributed by atoms with Gasteiger partial charge in [0.05, 0.1) is 0 Å². The first-order valence-corrected chi connectivity index (χ1v) is 9.45. The average molecular weight is 375 g/mol. The number of amides is 3. The first-order valence-electron chi connectivity index (χ1n) is 9.45. The molecule has 2 saturated heterocycles. The van der Waals surface area contributed by atoms with Crippen LogP contribution in [0.2, 0.25) is 0 Å². The molecule has 146 valence electrons. The smallest absolute Gasteiger partial charge is 0.253 e. The summed E-state index contributed by atoms with van der Waals surface area (Å²) in [5.74, 6) is -0.657. The lowest BCUT2D eigenvalue weighted by Gasteiger charge is -2.35. The highest BCUT2D eigenvalue weighted by Gasteiger charge is 2.39. The van der Waals surface area contributed by atoms with Crippen molar-refractivity contribution in [1.82, 2.24) is 14.7 Å². The van der Waals surface area contributed by atoms with Crippen molar-refractivity contribution in [2.75, 3.05) is 33.7 Å². The highest BCUT2D eigenvalue weighted by molar-refractivity contribution is 5.94. The number of carbonyl (C=O) groups is 3. The van der Waals surface area contributed by atoms with Gasteiger partial charge in [-0.3, -0.25) is 14.4 Å². The number of hydrogen-bond acceptors (Lipinski definition) is 3. The number of piperidine rings is 1. The summed E-state index contributed by atoms with van der Waals surface area (Å²) in [4.78, 5) is 42.7. The zero-order valence-electron chi connectivity index (χ0n) is 15.9. The summed E-state index contributed by atoms with van der Waals surface area (Å²) in [6.07, 6.45) is 2.73. The minimum atomic E-state index is -0.372. The van der Waals surface area contributed by atoms with Crippen molar-refractivity contribution in [2.24, 2.45) is 5.92 Å². The summed E-state index contributed by atoms with van der Waals surface area (Å²) in [6, 6.07) is 5.16. The van der Waals surface area contributed by atoms with Gasteiger partial charge in [0.1, 0.15) is 11.9 Å². The zero-order chi connectivity index (χ0) is 19.6. The average Bonchev–Trinajstić information content (AvgIpc) is 3.16. The highest BCUT2D eigenvalue weighted by Crippen LogP contribution is 2.26. The van der Waals surface area contributed by atoms with E-state index in [1.807, 2.05) is 0 Å². The van der Waals surface area contributed by atoms with E-state index in [9.17, 15) is 18.8 Å². The van der Waals surface area contributed by atoms with Gasteiger partial charge in [-0.15, -0.1) is 0 Å². The Morgan fingerprint density at radius 2 is 1.63 bits per heavy atom. The molecule has 2 aliphatic heterocycles. The van der Waals surface area contributed by atoms with Gasteiger partial charge in [0.2, 0.25) is 11.8 Å². The minimum absolute atomic E-state index is 0.0234. The van der Waals surface area contributed by atoms with Gasteiger partial charge in [-0.05, 0) is 49.9 Å². The van der Waals surface area contributed by atoms with Crippen molar-refractivity contribution in [3.8, 4) is 0 Å². The predicted octanol–water partition coefficient (Wildman–Crippen LogP) is 1.76. The third-order valence-corrected chi connectivity index (χ3v) is 5.48. The highest BCUT2D eigenvalue weighted by atomic mass is 19.1. The molecule has 2 heterocycles. The number of benzene rings is 1. The van der Waals surface area contributed by atoms with Crippen LogP contribution < -0.4 is 0 Å². The van der Waals surface area contributed by atoms with Crippen LogP contribution in [-0.2, 0) is 9.59 Å². The molecule has 2 fully saturated rings. The fourth-order valence-corrected chi connectivity index (χ4v) is 3.92. The molecule has 0 aliphatic carbocycles. The van der Waals surface area contributed by atoms with Crippen molar-refractivity contribution in [2.45, 2.75) is 31.7 Å². The van der Waals surface area contributed by atoms with Crippen LogP contribution in [0.1, 0.15) is 36.0 Å². The molecule has 27 heavy (non-hydrogen) atoms. The summed E-state index contributed by atoms with van der Waals surface area (Å²) in [5, 5.41) is 0. The molecule has 1 unspecified atom stereocenters. The summed E-state index contributed by atoms with van der Waals surface area (Å²) < 4.78 is 13.0. The fraction of sp³-hybridized carbons (Fsp3) is 0.550. The predicted molar refractivity (Wildman–Crippen MR) is 98.5 cm³/mol. The van der Waals surface area contributed by atoms with Crippen molar-refractivity contribution < 1.29 is 18.8 Å². The van der Waals surface area contributed by atoms with Crippen LogP contribution in [-0.4, -0.2) is 72.2 Å². The Kier molecular flexibility index (Phi) is 5.77. The number of hydrogen-bond donors (Lipinski definition) is 0. The first kappa shape index (κ1) is 19.3. The van der Waals surface area contributed by atoms with Gasteiger partial charge < -0.3 is 14.7 Å². The Morgan fingerprint density at radius 1 is 1.00 bits per heavy atom. The summed E-state index contributed by atoms with van der Waals surface area (Å²) in [7, 11) is 3.42. The van der Waals surface area contributed by atoms with E-state index in [0.29, 0.717) is 44.5 Å². The fourth-order valence-electron chi connectivity index (χ4n) is 3.92. The second-order valence-corrected chi connectivity index (χ2v) is 7.50. The van der Waals surface area contributed by atoms with Gasteiger partial charge in [-0.25, -0.2) is 4.39 Å². The van der Waals surface area contributed by atoms with E-state index in [1.165, 1.54) is 24.3 Å². The van der Waals surface area contributed by atoms with Crippen LogP contribution in [0.5, 0.6) is 0 Å². The van der Waals surface area contributed by atoms with E-state index < -0.39 is 0 Å². The quantitative estimate of drug-likeness (QED) is 0.809. The Balaban J connectivity index is 1.58. The molecule has 1 aromatic carbocycles. The summed E-state index contributed by atoms with van der Waals surface area (Å²) in [6.45, 7) is 1.61. The molecule has 1 aromatic rings. The molecule has 6 nitrogen and oxygen atoms in total. The van der Waals surface area contributed by atoms with E-state index in [0.717, 1.165) is 6.42 Å². The molecule has 0 aromatic heterocycles. The van der Waals surface area contributed by atoms with Gasteiger partial charge in [-0.2, -0.15) is 0 Å². The molecule has 0 N–H and O–H groups in total. The number of carbonyl (C=O) groups excluding carboxylic acids is 3. The van der Waals surface area contributed by atoms with Gasteiger partial charge in [0.25, 0.3) is 5.91 Å². The molecule has 1 atom stereocenters. The maximum Gasteiger partial charge on any atom is 0.253 e. The monoisotopic (exact) mass is 375 g/mol. The van der Waals surface area contributed by atoms with E-state index in [-0.39, 0.29) is 35.5 Å². The SMILES string of the molecule is CN(C)C(=O)C1CCCN1C(=O)C1CCN(C(=O)c2ccc(F)cc2)CC1. The van der Waals surface area contributed by atoms with Gasteiger partial charge >= 0.3 is 0 Å². The Morgan fingerprint density at radius 3 is 2.22 bits per heavy atom. The second kappa shape index (κ2) is 8.06. The normalized spacial score (nSPS) is 20.6. The standard InChI is InChI=1S/C20H26FN3O3/c1-22(2)20(27)17-4-3-11-24(17)19(26)15-9-12-23(13-10-15)18(25)14-5-7-16(21)8-6-14/h5-8,15,17H,3-4,9-13H2,1-2H3. The van der Waals surface area contributed by atoms with Crippen molar-refractivity contribution >= 4 is 17.7 Å². The Bertz CT molecular complexity index is 712. The van der Waals surface area contributed by atoms with Gasteiger partial charge in [-0.1, -0.05) is 0 Å². The van der Waals surface area contributed by atoms with Crippen LogP contribution in [0.4, 0.5) is 4.39 Å². The number of likely N-dealkylation sites (N-methyl/N-ethyl adjacent to an activating group) is 1. The third-order valence-electron chi connectivity index (χ3n) is 5.48. The van der Waals surface area contributed by atoms with E-state index in [4.69, 9.17) is 0 Å². The second-order valence-electron chi connectivity index (χ2n) is 7.50. The molecule has 0 saturated carbocycles. The largest absolute Gasteiger partial charge is 0.347 e. The van der Waals surface area contributed by atoms with Crippen LogP contribution in [0.3, 0.4) is 0 Å². The lowest BCUT2D eigenvalue weighted by atomic mass is 9.94. The minimum Gasteiger partial charge on any atom is -0.347 e. The van der Waals surface area contributed by atoms with Crippen LogP contribution >= 0.6 is 0 Å². The molecule has 3 amide bonds. The van der Waals surface area contributed by atoms with Crippen molar-refractivity contribution in [3.63, 3.8) is 0 Å². The van der Waals surface area contributed by atoms with Crippen LogP contribution in [0.25, 0.3) is 0 Å². The number of rotatable bonds is 3. The molecule has 0 spiro atoms. The molecule has 3 rings (SSSR count). The van der Waals surface area contributed by atoms with E-state index >= 15 is 0 Å². The maximum atomic E-state index is 13.0. The van der Waals surface area contributed by atoms with E-state index in [1.54, 1.807) is 28.8 Å². The molecule has 2 aliphatic rings. The maximum absolute atomic E-state index is 13.0. The molecule has 0 radical (unpaired) electrons. The van der Waals surface area contributed by atoms with Crippen LogP contribution in [0, 0.1) is 11.7 Å². The van der Waals surface area contributed by atoms with E-state index in [2.05, 4.69) is 0 Å². The van der Waals surface area contributed by atoms with Crippen molar-refractivity contribution in [3.05, 3.63) is 35.6 Å². The van der Waals surface area contributed by atoms with Crippen LogP contribution in [0.15, 0.2) is 24.3 Å². The molecular formula is C20H26FN3O3. The zero-order valence-corrected chi connectivity index (χ0v) is 15.9. The topological polar surface area (TPSA) is 60.9 Å². The Labute approximate surface area is 158 Å². The lowest BCUT2D eigenvalue weighted by molar-refractivity contribution is -0.145. The number of halogens is 1. The summed E-state index contributed by atoms with van der Waals surface area (Å²) in [5.41, 5.74) is 0.456. The van der Waals surface area contributed by atoms with Gasteiger partial charge in [0, 0.05) is 45.2 Å². The van der Waals surface area contributed by atoms with Crippen molar-refractivity contribution in [1.29, 1.82) is 0 Å². The Hall–Kier alpha value is -2.44. The number of likely N-dealkylation sites (tertiary alicyclic amines) is 2. The molecule has 7 heteroatoms. The third kappa shape index (κ3) is 4.12.